The summed E-state index contributed by atoms with van der Waals surface area (Å²) in [6.45, 7) is 5.11. The van der Waals surface area contributed by atoms with Crippen molar-refractivity contribution in [2.45, 2.75) is 80.8 Å². The zero-order valence-corrected chi connectivity index (χ0v) is 32.5. The second-order valence-corrected chi connectivity index (χ2v) is 16.9. The molecule has 11 rings (SSSR count). The van der Waals surface area contributed by atoms with Gasteiger partial charge >= 0.3 is 11.9 Å². The molecule has 8 atom stereocenters. The molecule has 0 amide bonds. The SMILES string of the molecule is COc1c(C)cc2c(c1O)[C@H]1[C@@H]3[C@@H]4SC[C@]5(N[C@@H](CN)Cc6c5oc5ccccc65)C(=O)OC[C@@H](c5c6c(c(C)c(OC(C)=O)c54)OCO6)N3[C@@H](O)[C@H](C2)N1C. The van der Waals surface area contributed by atoms with Gasteiger partial charge in [0.25, 0.3) is 0 Å². The Kier molecular flexibility index (Phi) is 8.17. The highest BCUT2D eigenvalue weighted by atomic mass is 32.2. The molecule has 7 aliphatic heterocycles. The van der Waals surface area contributed by atoms with Gasteiger partial charge in [-0.3, -0.25) is 19.9 Å². The lowest BCUT2D eigenvalue weighted by molar-refractivity contribution is -0.186. The Morgan fingerprint density at radius 2 is 1.89 bits per heavy atom. The number of nitrogens with zero attached hydrogens (tertiary/aromatic N) is 2. The van der Waals surface area contributed by atoms with Crippen LogP contribution in [0.4, 0.5) is 0 Å². The number of aliphatic hydroxyl groups excluding tert-OH is 1. The van der Waals surface area contributed by atoms with Gasteiger partial charge in [0, 0.05) is 64.5 Å². The first kappa shape index (κ1) is 35.9. The summed E-state index contributed by atoms with van der Waals surface area (Å²) >= 11 is 1.47. The maximum absolute atomic E-state index is 14.9. The maximum Gasteiger partial charge on any atom is 0.335 e. The van der Waals surface area contributed by atoms with E-state index in [1.54, 1.807) is 7.11 Å². The summed E-state index contributed by atoms with van der Waals surface area (Å²) in [6.07, 6.45) is -0.0278. The van der Waals surface area contributed by atoms with Gasteiger partial charge in [-0.2, -0.15) is 0 Å². The molecule has 5 N–H and O–H groups in total. The van der Waals surface area contributed by atoms with Gasteiger partial charge in [-0.25, -0.2) is 4.79 Å². The summed E-state index contributed by atoms with van der Waals surface area (Å²) in [4.78, 5) is 32.1. The highest BCUT2D eigenvalue weighted by molar-refractivity contribution is 7.99. The van der Waals surface area contributed by atoms with Gasteiger partial charge < -0.3 is 44.0 Å². The predicted molar refractivity (Wildman–Crippen MR) is 204 cm³/mol. The number of nitrogens with two attached hydrogens (primary N) is 1. The lowest BCUT2D eigenvalue weighted by atomic mass is 9.73. The van der Waals surface area contributed by atoms with Crippen LogP contribution in [0.5, 0.6) is 28.7 Å². The van der Waals surface area contributed by atoms with Crippen molar-refractivity contribution in [1.82, 2.24) is 15.1 Å². The number of thioether (sulfide) groups is 1. The van der Waals surface area contributed by atoms with Crippen LogP contribution >= 0.6 is 11.8 Å². The molecule has 1 spiro atoms. The Balaban J connectivity index is 1.25. The fourth-order valence-electron chi connectivity index (χ4n) is 10.6. The van der Waals surface area contributed by atoms with Gasteiger partial charge in [0.1, 0.15) is 29.9 Å². The van der Waals surface area contributed by atoms with Gasteiger partial charge in [-0.05, 0) is 50.9 Å². The number of hydrogen-bond donors (Lipinski definition) is 4. The Morgan fingerprint density at radius 3 is 2.66 bits per heavy atom. The van der Waals surface area contributed by atoms with E-state index in [1.165, 1.54) is 18.7 Å². The number of aryl methyl sites for hydroxylation is 1. The molecular formula is C41H44N4O10S. The van der Waals surface area contributed by atoms with E-state index in [-0.39, 0.29) is 43.5 Å². The fraction of sp³-hybridized carbons (Fsp3) is 0.463. The number of benzene rings is 3. The van der Waals surface area contributed by atoms with E-state index in [9.17, 15) is 19.8 Å². The quantitative estimate of drug-likeness (QED) is 0.174. The summed E-state index contributed by atoms with van der Waals surface area (Å²) < 4.78 is 37.2. The smallest absolute Gasteiger partial charge is 0.335 e. The number of piperazine rings is 1. The van der Waals surface area contributed by atoms with E-state index in [0.717, 1.165) is 22.1 Å². The first-order valence-electron chi connectivity index (χ1n) is 19.0. The van der Waals surface area contributed by atoms with Crippen molar-refractivity contribution in [2.24, 2.45) is 5.73 Å². The number of nitrogens with one attached hydrogen (secondary N) is 1. The number of fused-ring (bicyclic) bond motifs is 11. The first-order chi connectivity index (χ1) is 27.0. The predicted octanol–water partition coefficient (Wildman–Crippen LogP) is 3.77. The molecule has 2 saturated heterocycles. The summed E-state index contributed by atoms with van der Waals surface area (Å²) in [6, 6.07) is 7.27. The van der Waals surface area contributed by atoms with Crippen molar-refractivity contribution in [1.29, 1.82) is 0 Å². The third-order valence-corrected chi connectivity index (χ3v) is 14.3. The number of furan rings is 1. The molecule has 4 aromatic rings. The van der Waals surface area contributed by atoms with Crippen LogP contribution < -0.4 is 30.0 Å². The Labute approximate surface area is 327 Å². The van der Waals surface area contributed by atoms with Crippen LogP contribution in [0.1, 0.15) is 69.0 Å². The van der Waals surface area contributed by atoms with E-state index in [2.05, 4.69) is 10.2 Å². The van der Waals surface area contributed by atoms with Crippen molar-refractivity contribution in [3.8, 4) is 28.7 Å². The van der Waals surface area contributed by atoms with E-state index < -0.39 is 47.1 Å². The Hall–Kier alpha value is -4.51. The molecule has 3 aromatic carbocycles. The zero-order chi connectivity index (χ0) is 38.9. The van der Waals surface area contributed by atoms with Crippen molar-refractivity contribution >= 4 is 34.7 Å². The molecule has 56 heavy (non-hydrogen) atoms. The van der Waals surface area contributed by atoms with Crippen molar-refractivity contribution in [2.75, 3.05) is 39.9 Å². The third-order valence-electron chi connectivity index (χ3n) is 12.9. The first-order valence-corrected chi connectivity index (χ1v) is 20.0. The Morgan fingerprint density at radius 1 is 1.11 bits per heavy atom. The number of carbonyl (C=O) groups is 2. The number of likely N-dealkylation sites (N-methyl/N-ethyl adjacent to an activating group) is 1. The van der Waals surface area contributed by atoms with Crippen LogP contribution in [-0.2, 0) is 32.7 Å². The average molecular weight is 785 g/mol. The maximum atomic E-state index is 14.9. The molecule has 2 fully saturated rings. The summed E-state index contributed by atoms with van der Waals surface area (Å²) in [7, 11) is 3.51. The molecule has 0 unspecified atom stereocenters. The van der Waals surface area contributed by atoms with Gasteiger partial charge in [0.15, 0.2) is 28.5 Å². The van der Waals surface area contributed by atoms with E-state index >= 15 is 0 Å². The van der Waals surface area contributed by atoms with Crippen LogP contribution in [0, 0.1) is 13.8 Å². The minimum Gasteiger partial charge on any atom is -0.504 e. The fourth-order valence-corrected chi connectivity index (χ4v) is 12.2. The normalized spacial score (nSPS) is 30.3. The molecule has 294 valence electrons. The number of phenols is 1. The van der Waals surface area contributed by atoms with Crippen molar-refractivity contribution in [3.63, 3.8) is 0 Å². The van der Waals surface area contributed by atoms with Crippen LogP contribution in [0.2, 0.25) is 0 Å². The number of hydrogen-bond acceptors (Lipinski definition) is 15. The van der Waals surface area contributed by atoms with E-state index in [0.29, 0.717) is 69.4 Å². The third kappa shape index (κ3) is 4.75. The number of ether oxygens (including phenoxy) is 5. The van der Waals surface area contributed by atoms with Gasteiger partial charge in [0.05, 0.1) is 30.5 Å². The molecule has 4 bridgehead atoms. The number of phenolic OH excluding ortho intramolecular Hbond substituents is 1. The second kappa shape index (κ2) is 12.7. The summed E-state index contributed by atoms with van der Waals surface area (Å²) in [5, 5.41) is 28.6. The Bertz CT molecular complexity index is 2350. The molecule has 0 radical (unpaired) electrons. The standard InChI is InChI=1S/C41H44N4O10S/c1-17-10-20-11-24-39(48)45-25-14-51-40(49)41(38-23(12-21(13-42)43-41)22-8-6-7-9-26(22)55-38)15-56-37(31(45)30(44(24)4)27(20)32(47)33(17)50-5)29-28(25)36-35(52-16-53-36)18(2)34(29)54-19(3)46/h6-10,21,24-25,30-31,37,39,43,47-48H,11-16,42H2,1-5H3/t21-,24+,25+,30+,31-,37-,39+,41-/m1/s1. The molecule has 8 heterocycles. The number of aliphatic hydroxyl groups is 1. The number of methoxy groups -OCH3 is 1. The van der Waals surface area contributed by atoms with Gasteiger partial charge in [0.2, 0.25) is 6.79 Å². The topological polar surface area (TPSA) is 178 Å². The van der Waals surface area contributed by atoms with Crippen LogP contribution in [0.3, 0.4) is 0 Å². The molecule has 0 saturated carbocycles. The molecule has 1 aromatic heterocycles. The minimum atomic E-state index is -1.45. The highest BCUT2D eigenvalue weighted by Crippen LogP contribution is 2.64. The molecule has 14 nitrogen and oxygen atoms in total. The lowest BCUT2D eigenvalue weighted by Gasteiger charge is -2.62. The van der Waals surface area contributed by atoms with E-state index in [1.807, 2.05) is 56.1 Å². The largest absolute Gasteiger partial charge is 0.504 e. The molecular weight excluding hydrogens is 741 g/mol. The highest BCUT2D eigenvalue weighted by Gasteiger charge is 2.62. The monoisotopic (exact) mass is 784 g/mol. The van der Waals surface area contributed by atoms with Crippen molar-refractivity contribution in [3.05, 3.63) is 75.0 Å². The minimum absolute atomic E-state index is 0.0453. The number of esters is 2. The number of para-hydroxylation sites is 1. The van der Waals surface area contributed by atoms with Crippen LogP contribution in [0.15, 0.2) is 34.7 Å². The summed E-state index contributed by atoms with van der Waals surface area (Å²) in [5.74, 6) is 1.23. The van der Waals surface area contributed by atoms with Crippen LogP contribution in [0.25, 0.3) is 11.0 Å². The molecule has 7 aliphatic rings. The lowest BCUT2D eigenvalue weighted by Crippen LogP contribution is -2.70. The second-order valence-electron chi connectivity index (χ2n) is 15.8. The molecule has 15 heteroatoms. The number of carbonyl (C=O) groups excluding carboxylic acids is 2. The zero-order valence-electron chi connectivity index (χ0n) is 31.7. The molecule has 0 aliphatic carbocycles. The average Bonchev–Trinajstić information content (AvgIpc) is 3.82. The summed E-state index contributed by atoms with van der Waals surface area (Å²) in [5.41, 5.74) is 10.8. The number of rotatable bonds is 3. The van der Waals surface area contributed by atoms with Crippen molar-refractivity contribution < 1.29 is 47.9 Å². The van der Waals surface area contributed by atoms with E-state index in [4.69, 9.17) is 33.8 Å². The van der Waals surface area contributed by atoms with Crippen LogP contribution in [-0.4, -0.2) is 96.2 Å². The van der Waals surface area contributed by atoms with Gasteiger partial charge in [-0.15, -0.1) is 11.8 Å². The van der Waals surface area contributed by atoms with Gasteiger partial charge in [-0.1, -0.05) is 24.3 Å². The number of aromatic hydroxyl groups is 1.